The molecular weight excluding hydrogens is 254 g/mol. The number of esters is 1. The third kappa shape index (κ3) is 1.95. The van der Waals surface area contributed by atoms with Crippen molar-refractivity contribution in [1.29, 1.82) is 0 Å². The number of cyclic esters (lactones) is 1. The van der Waals surface area contributed by atoms with E-state index in [2.05, 4.69) is 19.2 Å². The second kappa shape index (κ2) is 4.57. The fourth-order valence-corrected chi connectivity index (χ4v) is 3.36. The van der Waals surface area contributed by atoms with E-state index in [1.165, 1.54) is 0 Å². The molecule has 2 atom stereocenters. The number of nitrogens with one attached hydrogen (secondary N) is 1. The molecule has 2 aliphatic rings. The molecule has 0 spiro atoms. The quantitative estimate of drug-likeness (QED) is 0.767. The normalized spacial score (nSPS) is 28.1. The summed E-state index contributed by atoms with van der Waals surface area (Å²) in [6.45, 7) is 8.10. The van der Waals surface area contributed by atoms with Gasteiger partial charge in [0.25, 0.3) is 0 Å². The predicted molar refractivity (Wildman–Crippen MR) is 75.7 cm³/mol. The summed E-state index contributed by atoms with van der Waals surface area (Å²) in [4.78, 5) is 11.6. The maximum atomic E-state index is 11.6. The fraction of sp³-hybridized carbons (Fsp3) is 0.562. The zero-order chi connectivity index (χ0) is 14.5. The van der Waals surface area contributed by atoms with Crippen LogP contribution >= 0.6 is 0 Å². The summed E-state index contributed by atoms with van der Waals surface area (Å²) >= 11 is 0. The Hall–Kier alpha value is -1.39. The molecule has 2 aliphatic heterocycles. The van der Waals surface area contributed by atoms with Crippen molar-refractivity contribution < 1.29 is 14.6 Å². The molecule has 20 heavy (non-hydrogen) atoms. The molecule has 3 rings (SSSR count). The molecule has 1 fully saturated rings. The average molecular weight is 275 g/mol. The smallest absolute Gasteiger partial charge is 0.338 e. The molecule has 1 aromatic rings. The van der Waals surface area contributed by atoms with Crippen molar-refractivity contribution in [3.8, 4) is 0 Å². The first-order valence-corrected chi connectivity index (χ1v) is 7.10. The van der Waals surface area contributed by atoms with Crippen LogP contribution < -0.4 is 5.32 Å². The van der Waals surface area contributed by atoms with Crippen LogP contribution in [0, 0.1) is 12.3 Å². The van der Waals surface area contributed by atoms with Crippen LogP contribution in [0.5, 0.6) is 0 Å². The van der Waals surface area contributed by atoms with Crippen molar-refractivity contribution in [2.45, 2.75) is 39.4 Å². The average Bonchev–Trinajstić information content (AvgIpc) is 2.77. The zero-order valence-corrected chi connectivity index (χ0v) is 12.2. The monoisotopic (exact) mass is 275 g/mol. The highest BCUT2D eigenvalue weighted by atomic mass is 16.5. The molecule has 2 N–H and O–H groups in total. The van der Waals surface area contributed by atoms with Gasteiger partial charge in [-0.3, -0.25) is 0 Å². The number of aliphatic hydroxyl groups excluding tert-OH is 1. The Morgan fingerprint density at radius 3 is 2.90 bits per heavy atom. The van der Waals surface area contributed by atoms with E-state index in [1.54, 1.807) is 0 Å². The highest BCUT2D eigenvalue weighted by molar-refractivity contribution is 5.94. The van der Waals surface area contributed by atoms with Crippen LogP contribution in [0.15, 0.2) is 12.1 Å². The second-order valence-electron chi connectivity index (χ2n) is 6.55. The van der Waals surface area contributed by atoms with Crippen LogP contribution in [0.2, 0.25) is 0 Å². The van der Waals surface area contributed by atoms with Crippen molar-refractivity contribution in [1.82, 2.24) is 5.32 Å². The topological polar surface area (TPSA) is 58.6 Å². The van der Waals surface area contributed by atoms with E-state index < -0.39 is 6.10 Å². The molecule has 0 saturated carbocycles. The Labute approximate surface area is 119 Å². The van der Waals surface area contributed by atoms with Gasteiger partial charge >= 0.3 is 5.97 Å². The Bertz CT molecular complexity index is 565. The first kappa shape index (κ1) is 13.6. The van der Waals surface area contributed by atoms with Gasteiger partial charge in [-0.2, -0.15) is 0 Å². The van der Waals surface area contributed by atoms with Crippen LogP contribution in [-0.2, 0) is 11.3 Å². The number of carbonyl (C=O) groups is 1. The van der Waals surface area contributed by atoms with Crippen molar-refractivity contribution >= 4 is 5.97 Å². The van der Waals surface area contributed by atoms with Gasteiger partial charge in [0, 0.05) is 30.0 Å². The number of fused-ring (bicyclic) bond motifs is 1. The minimum atomic E-state index is -0.390. The second-order valence-corrected chi connectivity index (χ2v) is 6.55. The van der Waals surface area contributed by atoms with E-state index in [9.17, 15) is 9.90 Å². The van der Waals surface area contributed by atoms with Gasteiger partial charge in [-0.1, -0.05) is 19.9 Å². The molecule has 0 aliphatic carbocycles. The highest BCUT2D eigenvalue weighted by Crippen LogP contribution is 2.38. The first-order valence-electron chi connectivity index (χ1n) is 7.10. The van der Waals surface area contributed by atoms with E-state index in [-0.39, 0.29) is 17.3 Å². The third-order valence-electron chi connectivity index (χ3n) is 4.73. The van der Waals surface area contributed by atoms with Crippen molar-refractivity contribution in [3.05, 3.63) is 34.4 Å². The van der Waals surface area contributed by atoms with Crippen LogP contribution in [-0.4, -0.2) is 30.3 Å². The Morgan fingerprint density at radius 2 is 2.15 bits per heavy atom. The Balaban J connectivity index is 2.01. The summed E-state index contributed by atoms with van der Waals surface area (Å²) in [6, 6.07) is 3.80. The number of ether oxygens (including phenoxy) is 1. The minimum absolute atomic E-state index is 0.0553. The largest absolute Gasteiger partial charge is 0.457 e. The lowest BCUT2D eigenvalue weighted by Crippen LogP contribution is -2.51. The predicted octanol–water partition coefficient (Wildman–Crippen LogP) is 1.74. The van der Waals surface area contributed by atoms with Crippen molar-refractivity contribution in [3.63, 3.8) is 0 Å². The highest BCUT2D eigenvalue weighted by Gasteiger charge is 2.39. The van der Waals surface area contributed by atoms with Crippen molar-refractivity contribution in [2.24, 2.45) is 5.41 Å². The molecule has 0 bridgehead atoms. The number of piperidine rings is 1. The van der Waals surface area contributed by atoms with Gasteiger partial charge in [-0.15, -0.1) is 0 Å². The molecule has 2 heterocycles. The number of aliphatic hydroxyl groups is 1. The summed E-state index contributed by atoms with van der Waals surface area (Å²) in [7, 11) is 0. The lowest BCUT2D eigenvalue weighted by atomic mass is 9.73. The van der Waals surface area contributed by atoms with Crippen LogP contribution in [0.3, 0.4) is 0 Å². The van der Waals surface area contributed by atoms with Crippen LogP contribution in [0.25, 0.3) is 0 Å². The van der Waals surface area contributed by atoms with Crippen molar-refractivity contribution in [2.75, 3.05) is 13.1 Å². The van der Waals surface area contributed by atoms with E-state index in [0.717, 1.165) is 29.8 Å². The molecule has 108 valence electrons. The van der Waals surface area contributed by atoms with Gasteiger partial charge in [0.2, 0.25) is 0 Å². The van der Waals surface area contributed by atoms with Gasteiger partial charge in [-0.25, -0.2) is 4.79 Å². The number of hydrogen-bond donors (Lipinski definition) is 2. The van der Waals surface area contributed by atoms with Gasteiger partial charge < -0.3 is 15.2 Å². The van der Waals surface area contributed by atoms with Gasteiger partial charge in [0.15, 0.2) is 0 Å². The third-order valence-corrected chi connectivity index (χ3v) is 4.73. The molecule has 4 heteroatoms. The molecule has 0 aromatic heterocycles. The molecule has 2 unspecified atom stereocenters. The molecular formula is C16H21NO3. The maximum absolute atomic E-state index is 11.6. The molecule has 4 nitrogen and oxygen atoms in total. The minimum Gasteiger partial charge on any atom is -0.457 e. The van der Waals surface area contributed by atoms with Gasteiger partial charge in [-0.05, 0) is 24.1 Å². The number of carbonyl (C=O) groups excluding carboxylic acids is 1. The number of benzene rings is 1. The van der Waals surface area contributed by atoms with E-state index in [0.29, 0.717) is 12.2 Å². The summed E-state index contributed by atoms with van der Waals surface area (Å²) in [5.41, 5.74) is 3.69. The Kier molecular flexibility index (Phi) is 3.10. The molecule has 0 amide bonds. The number of hydrogen-bond acceptors (Lipinski definition) is 4. The van der Waals surface area contributed by atoms with E-state index >= 15 is 0 Å². The van der Waals surface area contributed by atoms with Gasteiger partial charge in [0.05, 0.1) is 11.7 Å². The molecule has 1 aromatic carbocycles. The summed E-state index contributed by atoms with van der Waals surface area (Å²) in [5, 5.41) is 14.0. The lowest BCUT2D eigenvalue weighted by molar-refractivity contribution is 0.00605. The summed E-state index contributed by atoms with van der Waals surface area (Å²) in [6.07, 6.45) is -0.390. The summed E-state index contributed by atoms with van der Waals surface area (Å²) < 4.78 is 5.10. The lowest BCUT2D eigenvalue weighted by Gasteiger charge is -2.42. The van der Waals surface area contributed by atoms with E-state index in [1.807, 2.05) is 19.1 Å². The summed E-state index contributed by atoms with van der Waals surface area (Å²) in [5.74, 6) is -0.183. The van der Waals surface area contributed by atoms with Crippen LogP contribution in [0.1, 0.15) is 46.8 Å². The van der Waals surface area contributed by atoms with Crippen LogP contribution in [0.4, 0.5) is 0 Å². The van der Waals surface area contributed by atoms with Gasteiger partial charge in [0.1, 0.15) is 6.61 Å². The molecule has 1 saturated heterocycles. The fourth-order valence-electron chi connectivity index (χ4n) is 3.36. The number of rotatable bonds is 1. The standard InChI is InChI=1S/C16H21NO3/c1-9-10(4-5-11-13(9)7-20-15(11)19)12-6-17-8-16(2,3)14(12)18/h4-5,12,14,17-18H,6-8H2,1-3H3. The first-order chi connectivity index (χ1) is 9.42. The van der Waals surface area contributed by atoms with E-state index in [4.69, 9.17) is 4.74 Å². The Morgan fingerprint density at radius 1 is 1.40 bits per heavy atom. The SMILES string of the molecule is Cc1c(C2CNCC(C)(C)C2O)ccc2c1COC2=O. The molecule has 0 radical (unpaired) electrons. The maximum Gasteiger partial charge on any atom is 0.338 e. The zero-order valence-electron chi connectivity index (χ0n) is 12.2.